The minimum absolute atomic E-state index is 0.207. The summed E-state index contributed by atoms with van der Waals surface area (Å²) in [6, 6.07) is 0.290. The summed E-state index contributed by atoms with van der Waals surface area (Å²) in [6.07, 6.45) is 3.52. The second kappa shape index (κ2) is 5.88. The molecule has 1 aliphatic carbocycles. The van der Waals surface area contributed by atoms with Gasteiger partial charge in [0.15, 0.2) is 0 Å². The van der Waals surface area contributed by atoms with Gasteiger partial charge in [-0.25, -0.2) is 0 Å². The fourth-order valence-electron chi connectivity index (χ4n) is 1.87. The molecule has 3 heteroatoms. The van der Waals surface area contributed by atoms with E-state index in [2.05, 4.69) is 35.1 Å². The van der Waals surface area contributed by atoms with Crippen LogP contribution >= 0.6 is 15.9 Å². The summed E-state index contributed by atoms with van der Waals surface area (Å²) in [5.41, 5.74) is 0. The van der Waals surface area contributed by atoms with E-state index in [9.17, 15) is 4.79 Å². The van der Waals surface area contributed by atoms with Crippen LogP contribution in [0.2, 0.25) is 0 Å². The Morgan fingerprint density at radius 1 is 1.40 bits per heavy atom. The molecular formula is C12H22BrNO. The van der Waals surface area contributed by atoms with E-state index in [-0.39, 0.29) is 11.8 Å². The van der Waals surface area contributed by atoms with Crippen molar-refractivity contribution in [2.45, 2.75) is 46.1 Å². The highest BCUT2D eigenvalue weighted by Gasteiger charge is 2.33. The zero-order chi connectivity index (χ0) is 11.4. The molecule has 88 valence electrons. The largest absolute Gasteiger partial charge is 0.352 e. The van der Waals surface area contributed by atoms with Crippen LogP contribution in [0.4, 0.5) is 0 Å². The van der Waals surface area contributed by atoms with Gasteiger partial charge < -0.3 is 5.32 Å². The number of halogens is 1. The Kier molecular flexibility index (Phi) is 5.10. The van der Waals surface area contributed by atoms with E-state index in [4.69, 9.17) is 0 Å². The Hall–Kier alpha value is -0.0500. The van der Waals surface area contributed by atoms with Crippen LogP contribution in [0.3, 0.4) is 0 Å². The first kappa shape index (κ1) is 13.0. The van der Waals surface area contributed by atoms with Gasteiger partial charge in [0.05, 0.1) is 0 Å². The number of nitrogens with one attached hydrogen (secondary N) is 1. The maximum Gasteiger partial charge on any atom is 0.223 e. The topological polar surface area (TPSA) is 29.1 Å². The van der Waals surface area contributed by atoms with Gasteiger partial charge in [0.1, 0.15) is 0 Å². The Balaban J connectivity index is 2.32. The highest BCUT2D eigenvalue weighted by molar-refractivity contribution is 9.09. The summed E-state index contributed by atoms with van der Waals surface area (Å²) in [6.45, 7) is 6.42. The first-order valence-electron chi connectivity index (χ1n) is 5.91. The lowest BCUT2D eigenvalue weighted by Crippen LogP contribution is -2.40. The number of carbonyl (C=O) groups is 1. The van der Waals surface area contributed by atoms with Crippen LogP contribution in [0, 0.1) is 17.8 Å². The predicted octanol–water partition coefficient (Wildman–Crippen LogP) is 2.96. The van der Waals surface area contributed by atoms with Gasteiger partial charge in [0.2, 0.25) is 5.91 Å². The van der Waals surface area contributed by atoms with Crippen molar-refractivity contribution >= 4 is 21.8 Å². The van der Waals surface area contributed by atoms with E-state index in [0.717, 1.165) is 11.8 Å². The number of hydrogen-bond donors (Lipinski definition) is 1. The SMILES string of the molecule is CC(C)CC(CBr)NC(=O)C(C)C1CC1. The molecule has 0 aromatic rings. The quantitative estimate of drug-likeness (QED) is 0.742. The van der Waals surface area contributed by atoms with Crippen LogP contribution in [0.25, 0.3) is 0 Å². The van der Waals surface area contributed by atoms with E-state index >= 15 is 0 Å². The van der Waals surface area contributed by atoms with E-state index in [1.807, 2.05) is 6.92 Å². The zero-order valence-electron chi connectivity index (χ0n) is 9.92. The van der Waals surface area contributed by atoms with Gasteiger partial charge >= 0.3 is 0 Å². The average Bonchev–Trinajstić information content (AvgIpc) is 2.97. The highest BCUT2D eigenvalue weighted by Crippen LogP contribution is 2.36. The molecule has 2 atom stereocenters. The number of rotatable bonds is 6. The Labute approximate surface area is 101 Å². The molecule has 1 rings (SSSR count). The molecule has 0 aromatic carbocycles. The van der Waals surface area contributed by atoms with Crippen molar-refractivity contribution < 1.29 is 4.79 Å². The minimum Gasteiger partial charge on any atom is -0.352 e. The maximum absolute atomic E-state index is 11.8. The third kappa shape index (κ3) is 4.54. The monoisotopic (exact) mass is 275 g/mol. The van der Waals surface area contributed by atoms with Crippen LogP contribution < -0.4 is 5.32 Å². The van der Waals surface area contributed by atoms with Crippen molar-refractivity contribution in [3.05, 3.63) is 0 Å². The lowest BCUT2D eigenvalue weighted by molar-refractivity contribution is -0.125. The molecule has 1 aliphatic rings. The fraction of sp³-hybridized carbons (Fsp3) is 0.917. The normalized spacial score (nSPS) is 20.1. The van der Waals surface area contributed by atoms with Gasteiger partial charge in [0, 0.05) is 17.3 Å². The summed E-state index contributed by atoms with van der Waals surface area (Å²) in [5.74, 6) is 1.73. The molecule has 0 spiro atoms. The van der Waals surface area contributed by atoms with Crippen LogP contribution in [0.5, 0.6) is 0 Å². The van der Waals surface area contributed by atoms with E-state index in [0.29, 0.717) is 17.9 Å². The number of alkyl halides is 1. The molecule has 0 radical (unpaired) electrons. The second-order valence-corrected chi connectivity index (χ2v) is 5.76. The molecule has 2 nitrogen and oxygen atoms in total. The van der Waals surface area contributed by atoms with Crippen molar-refractivity contribution in [1.29, 1.82) is 0 Å². The number of hydrogen-bond acceptors (Lipinski definition) is 1. The molecule has 0 aromatic heterocycles. The van der Waals surface area contributed by atoms with Gasteiger partial charge in [-0.05, 0) is 31.1 Å². The molecule has 0 bridgehead atoms. The molecule has 0 heterocycles. The third-order valence-electron chi connectivity index (χ3n) is 3.03. The molecule has 2 unspecified atom stereocenters. The molecular weight excluding hydrogens is 254 g/mol. The van der Waals surface area contributed by atoms with Crippen LogP contribution in [0.15, 0.2) is 0 Å². The second-order valence-electron chi connectivity index (χ2n) is 5.12. The maximum atomic E-state index is 11.8. The van der Waals surface area contributed by atoms with E-state index < -0.39 is 0 Å². The third-order valence-corrected chi connectivity index (χ3v) is 3.81. The van der Waals surface area contributed by atoms with E-state index in [1.165, 1.54) is 12.8 Å². The van der Waals surface area contributed by atoms with Crippen LogP contribution in [-0.4, -0.2) is 17.3 Å². The highest BCUT2D eigenvalue weighted by atomic mass is 79.9. The predicted molar refractivity (Wildman–Crippen MR) is 67.1 cm³/mol. The Bertz CT molecular complexity index is 214. The summed E-state index contributed by atoms with van der Waals surface area (Å²) < 4.78 is 0. The fourth-order valence-corrected chi connectivity index (χ4v) is 2.30. The molecule has 15 heavy (non-hydrogen) atoms. The molecule has 1 saturated carbocycles. The number of carbonyl (C=O) groups excluding carboxylic acids is 1. The van der Waals surface area contributed by atoms with Gasteiger partial charge in [-0.2, -0.15) is 0 Å². The zero-order valence-corrected chi connectivity index (χ0v) is 11.5. The van der Waals surface area contributed by atoms with Gasteiger partial charge in [-0.1, -0.05) is 36.7 Å². The summed E-state index contributed by atoms with van der Waals surface area (Å²) in [4.78, 5) is 11.8. The Morgan fingerprint density at radius 2 is 2.00 bits per heavy atom. The smallest absolute Gasteiger partial charge is 0.223 e. The van der Waals surface area contributed by atoms with Gasteiger partial charge in [-0.15, -0.1) is 0 Å². The summed E-state index contributed by atoms with van der Waals surface area (Å²) >= 11 is 3.46. The van der Waals surface area contributed by atoms with Gasteiger partial charge in [0.25, 0.3) is 0 Å². The van der Waals surface area contributed by atoms with Gasteiger partial charge in [-0.3, -0.25) is 4.79 Å². The average molecular weight is 276 g/mol. The molecule has 0 saturated heterocycles. The van der Waals surface area contributed by atoms with Crippen LogP contribution in [-0.2, 0) is 4.79 Å². The number of amides is 1. The first-order chi connectivity index (χ1) is 7.04. The van der Waals surface area contributed by atoms with Crippen LogP contribution in [0.1, 0.15) is 40.0 Å². The Morgan fingerprint density at radius 3 is 2.40 bits per heavy atom. The van der Waals surface area contributed by atoms with Crippen molar-refractivity contribution in [2.75, 3.05) is 5.33 Å². The standard InChI is InChI=1S/C12H22BrNO/c1-8(2)6-11(7-13)14-12(15)9(3)10-4-5-10/h8-11H,4-7H2,1-3H3,(H,14,15). The first-order valence-corrected chi connectivity index (χ1v) is 7.03. The van der Waals surface area contributed by atoms with Crippen molar-refractivity contribution in [1.82, 2.24) is 5.32 Å². The van der Waals surface area contributed by atoms with Crippen molar-refractivity contribution in [3.8, 4) is 0 Å². The minimum atomic E-state index is 0.207. The molecule has 1 N–H and O–H groups in total. The van der Waals surface area contributed by atoms with E-state index in [1.54, 1.807) is 0 Å². The molecule has 1 fully saturated rings. The lowest BCUT2D eigenvalue weighted by atomic mass is 10.0. The molecule has 1 amide bonds. The summed E-state index contributed by atoms with van der Waals surface area (Å²) in [5, 5.41) is 3.99. The van der Waals surface area contributed by atoms with Crippen molar-refractivity contribution in [3.63, 3.8) is 0 Å². The lowest BCUT2D eigenvalue weighted by Gasteiger charge is -2.20. The molecule has 0 aliphatic heterocycles. The van der Waals surface area contributed by atoms with Crippen molar-refractivity contribution in [2.24, 2.45) is 17.8 Å². The summed E-state index contributed by atoms with van der Waals surface area (Å²) in [7, 11) is 0.